The van der Waals surface area contributed by atoms with Gasteiger partial charge in [0.1, 0.15) is 5.82 Å². The van der Waals surface area contributed by atoms with Gasteiger partial charge in [-0.25, -0.2) is 4.39 Å². The van der Waals surface area contributed by atoms with Crippen molar-refractivity contribution in [2.45, 2.75) is 46.6 Å². The fourth-order valence-electron chi connectivity index (χ4n) is 5.16. The predicted molar refractivity (Wildman–Crippen MR) is 138 cm³/mol. The summed E-state index contributed by atoms with van der Waals surface area (Å²) in [6.07, 6.45) is 11.5. The van der Waals surface area contributed by atoms with E-state index in [4.69, 9.17) is 0 Å². The molecule has 1 atom stereocenters. The number of aliphatic carboxylic acids is 1. The molecular weight excluding hydrogens is 449 g/mol. The topological polar surface area (TPSA) is 57.6 Å². The highest BCUT2D eigenvalue weighted by Crippen LogP contribution is 2.53. The molecule has 176 valence electrons. The summed E-state index contributed by atoms with van der Waals surface area (Å²) in [5.41, 5.74) is 9.06. The zero-order valence-corrected chi connectivity index (χ0v) is 20.8. The molecular formula is C28H28FNO3S. The summed E-state index contributed by atoms with van der Waals surface area (Å²) in [6.45, 7) is 8.01. The van der Waals surface area contributed by atoms with Gasteiger partial charge in [-0.3, -0.25) is 9.59 Å². The van der Waals surface area contributed by atoms with Crippen molar-refractivity contribution in [3.63, 3.8) is 0 Å². The quantitative estimate of drug-likeness (QED) is 0.371. The summed E-state index contributed by atoms with van der Waals surface area (Å²) >= 11 is 1.54. The number of carbonyl (C=O) groups is 2. The summed E-state index contributed by atoms with van der Waals surface area (Å²) in [5.74, 6) is -1.44. The minimum atomic E-state index is -0.891. The fraction of sp³-hybridized carbons (Fsp3) is 0.286. The van der Waals surface area contributed by atoms with Gasteiger partial charge in [-0.1, -0.05) is 41.8 Å². The number of rotatable bonds is 5. The molecule has 0 saturated heterocycles. The first-order valence-corrected chi connectivity index (χ1v) is 12.4. The molecule has 0 unspecified atom stereocenters. The Labute approximate surface area is 204 Å². The van der Waals surface area contributed by atoms with Gasteiger partial charge in [-0.05, 0) is 85.2 Å². The number of allylic oxidation sites excluding steroid dienone is 6. The first kappa shape index (κ1) is 24.0. The second-order valence-corrected chi connectivity index (χ2v) is 9.60. The van der Waals surface area contributed by atoms with Crippen molar-refractivity contribution >= 4 is 35.5 Å². The van der Waals surface area contributed by atoms with Gasteiger partial charge < -0.3 is 9.41 Å². The van der Waals surface area contributed by atoms with Crippen LogP contribution in [0.25, 0.3) is 16.7 Å². The van der Waals surface area contributed by atoms with Crippen molar-refractivity contribution in [3.8, 4) is 11.1 Å². The lowest BCUT2D eigenvalue weighted by molar-refractivity contribution is -0.136. The first-order valence-electron chi connectivity index (χ1n) is 11.2. The largest absolute Gasteiger partial charge is 0.481 e. The zero-order chi connectivity index (χ0) is 24.7. The molecule has 1 N–H and O–H groups in total. The summed E-state index contributed by atoms with van der Waals surface area (Å²) in [4.78, 5) is 23.4. The summed E-state index contributed by atoms with van der Waals surface area (Å²) in [6, 6.07) is 2.98. The SMILES string of the molecule is CSN1c2c(C)c(CC(=O)O)c(C3=CCC=C(C)C=C3)c(C)c2-c2cc(F)c(C=O)cc2[C@H]1C. The van der Waals surface area contributed by atoms with Crippen LogP contribution in [0.4, 0.5) is 10.1 Å². The molecule has 0 saturated carbocycles. The van der Waals surface area contributed by atoms with Gasteiger partial charge in [0.25, 0.3) is 0 Å². The maximum Gasteiger partial charge on any atom is 0.307 e. The highest BCUT2D eigenvalue weighted by atomic mass is 32.2. The molecule has 0 radical (unpaired) electrons. The molecule has 2 aliphatic rings. The molecule has 1 heterocycles. The highest BCUT2D eigenvalue weighted by Gasteiger charge is 2.35. The maximum atomic E-state index is 14.9. The Balaban J connectivity index is 2.12. The zero-order valence-electron chi connectivity index (χ0n) is 20.0. The van der Waals surface area contributed by atoms with Gasteiger partial charge in [0.15, 0.2) is 6.29 Å². The van der Waals surface area contributed by atoms with Crippen molar-refractivity contribution < 1.29 is 19.1 Å². The van der Waals surface area contributed by atoms with Crippen LogP contribution in [0, 0.1) is 19.7 Å². The van der Waals surface area contributed by atoms with Crippen LogP contribution in [0.2, 0.25) is 0 Å². The Hall–Kier alpha value is -3.12. The van der Waals surface area contributed by atoms with E-state index < -0.39 is 11.8 Å². The molecule has 34 heavy (non-hydrogen) atoms. The molecule has 1 aliphatic carbocycles. The van der Waals surface area contributed by atoms with Gasteiger partial charge in [0.05, 0.1) is 23.7 Å². The number of aldehydes is 1. The lowest BCUT2D eigenvalue weighted by atomic mass is 9.79. The van der Waals surface area contributed by atoms with E-state index in [0.29, 0.717) is 6.29 Å². The van der Waals surface area contributed by atoms with Gasteiger partial charge >= 0.3 is 5.97 Å². The van der Waals surface area contributed by atoms with E-state index in [9.17, 15) is 19.1 Å². The monoisotopic (exact) mass is 477 g/mol. The number of benzene rings is 2. The van der Waals surface area contributed by atoms with E-state index in [0.717, 1.165) is 62.2 Å². The van der Waals surface area contributed by atoms with E-state index in [-0.39, 0.29) is 18.0 Å². The lowest BCUT2D eigenvalue weighted by Crippen LogP contribution is -2.27. The van der Waals surface area contributed by atoms with E-state index >= 15 is 0 Å². The summed E-state index contributed by atoms with van der Waals surface area (Å²) in [7, 11) is 0. The Morgan fingerprint density at radius 3 is 2.56 bits per heavy atom. The summed E-state index contributed by atoms with van der Waals surface area (Å²) < 4.78 is 17.0. The third-order valence-electron chi connectivity index (χ3n) is 6.80. The fourth-order valence-corrected chi connectivity index (χ4v) is 6.00. The van der Waals surface area contributed by atoms with Gasteiger partial charge in [0.2, 0.25) is 0 Å². The summed E-state index contributed by atoms with van der Waals surface area (Å²) in [5, 5.41) is 9.78. The van der Waals surface area contributed by atoms with E-state index in [1.807, 2.05) is 46.1 Å². The van der Waals surface area contributed by atoms with Crippen molar-refractivity contribution in [2.24, 2.45) is 0 Å². The van der Waals surface area contributed by atoms with E-state index in [1.54, 1.807) is 18.0 Å². The van der Waals surface area contributed by atoms with Crippen LogP contribution < -0.4 is 4.31 Å². The number of anilines is 1. The molecule has 0 aromatic heterocycles. The molecule has 0 spiro atoms. The number of fused-ring (bicyclic) bond motifs is 3. The molecule has 1 aliphatic heterocycles. The second-order valence-electron chi connectivity index (χ2n) is 8.84. The van der Waals surface area contributed by atoms with Gasteiger partial charge in [-0.15, -0.1) is 0 Å². The second kappa shape index (κ2) is 9.26. The molecule has 0 fully saturated rings. The molecule has 4 rings (SSSR count). The third-order valence-corrected chi connectivity index (χ3v) is 7.69. The number of nitrogens with zero attached hydrogens (tertiary/aromatic N) is 1. The van der Waals surface area contributed by atoms with Crippen LogP contribution in [0.1, 0.15) is 64.5 Å². The molecule has 6 heteroatoms. The number of hydrogen-bond acceptors (Lipinski definition) is 4. The number of carbonyl (C=O) groups excluding carboxylic acids is 1. The first-order chi connectivity index (χ1) is 16.2. The minimum absolute atomic E-state index is 0.0446. The van der Waals surface area contributed by atoms with Crippen molar-refractivity contribution in [1.82, 2.24) is 0 Å². The van der Waals surface area contributed by atoms with Crippen molar-refractivity contribution in [2.75, 3.05) is 10.6 Å². The molecule has 2 aromatic rings. The normalized spacial score (nSPS) is 16.9. The molecule has 4 nitrogen and oxygen atoms in total. The van der Waals surface area contributed by atoms with Crippen LogP contribution >= 0.6 is 11.9 Å². The standard InChI is InChI=1S/C28H28FNO3S/c1-15-7-6-8-19(10-9-15)26-17(3)27-23-12-24(29)20(14-31)11-22(23)18(4)30(34-5)28(27)16(2)21(26)13-25(32)33/h7-12,14,18H,6,13H2,1-5H3,(H,32,33)/t18-/m1/s1. The van der Waals surface area contributed by atoms with Crippen molar-refractivity contribution in [1.29, 1.82) is 0 Å². The average Bonchev–Trinajstić information content (AvgIpc) is 3.01. The predicted octanol–water partition coefficient (Wildman–Crippen LogP) is 7.00. The maximum absolute atomic E-state index is 14.9. The van der Waals surface area contributed by atoms with Crippen LogP contribution in [0.15, 0.2) is 42.0 Å². The Morgan fingerprint density at radius 2 is 1.91 bits per heavy atom. The molecule has 0 amide bonds. The van der Waals surface area contributed by atoms with E-state index in [1.165, 1.54) is 6.07 Å². The van der Waals surface area contributed by atoms with Crippen LogP contribution in [-0.4, -0.2) is 23.6 Å². The van der Waals surface area contributed by atoms with Gasteiger partial charge in [0, 0.05) is 11.8 Å². The van der Waals surface area contributed by atoms with E-state index in [2.05, 4.69) is 16.5 Å². The van der Waals surface area contributed by atoms with Crippen molar-refractivity contribution in [3.05, 3.63) is 81.2 Å². The van der Waals surface area contributed by atoms with Crippen LogP contribution in [0.5, 0.6) is 0 Å². The molecule has 2 aromatic carbocycles. The molecule has 0 bridgehead atoms. The number of hydrogen-bond donors (Lipinski definition) is 1. The Bertz CT molecular complexity index is 1310. The highest BCUT2D eigenvalue weighted by molar-refractivity contribution is 8.00. The lowest BCUT2D eigenvalue weighted by Gasteiger charge is -2.40. The Kier molecular flexibility index (Phi) is 6.54. The number of halogens is 1. The van der Waals surface area contributed by atoms with Crippen LogP contribution in [-0.2, 0) is 11.2 Å². The van der Waals surface area contributed by atoms with Crippen LogP contribution in [0.3, 0.4) is 0 Å². The number of carboxylic acid groups (broad SMARTS) is 1. The Morgan fingerprint density at radius 1 is 1.18 bits per heavy atom. The average molecular weight is 478 g/mol. The minimum Gasteiger partial charge on any atom is -0.481 e. The smallest absolute Gasteiger partial charge is 0.307 e. The third kappa shape index (κ3) is 3.90. The number of carboxylic acids is 1. The van der Waals surface area contributed by atoms with Gasteiger partial charge in [-0.2, -0.15) is 0 Å².